The molecule has 2 atom stereocenters. The van der Waals surface area contributed by atoms with Gasteiger partial charge >= 0.3 is 0 Å². The standard InChI is InChI=1S/C22H22Cl2N2O2S/c23-16-5-3-14(4-6-16)22(28)26-10-1-2-15(13-26)21(27)25-19-9-11-29-20-8-7-17(24)12-18(19)20/h3-8,12,15,19H,1-2,9-11,13H2,(H,25,27). The summed E-state index contributed by atoms with van der Waals surface area (Å²) in [5, 5.41) is 4.50. The Kier molecular flexibility index (Phi) is 6.38. The van der Waals surface area contributed by atoms with E-state index in [-0.39, 0.29) is 23.8 Å². The summed E-state index contributed by atoms with van der Waals surface area (Å²) in [7, 11) is 0. The minimum Gasteiger partial charge on any atom is -0.349 e. The van der Waals surface area contributed by atoms with Crippen molar-refractivity contribution < 1.29 is 9.59 Å². The van der Waals surface area contributed by atoms with Gasteiger partial charge in [0, 0.05) is 39.3 Å². The first-order valence-electron chi connectivity index (χ1n) is 9.79. The molecule has 0 bridgehead atoms. The maximum absolute atomic E-state index is 13.0. The molecule has 0 saturated carbocycles. The van der Waals surface area contributed by atoms with Crippen LogP contribution >= 0.6 is 35.0 Å². The van der Waals surface area contributed by atoms with Crippen molar-refractivity contribution in [3.63, 3.8) is 0 Å². The largest absolute Gasteiger partial charge is 0.349 e. The van der Waals surface area contributed by atoms with Gasteiger partial charge in [-0.05, 0) is 67.3 Å². The number of nitrogens with zero attached hydrogens (tertiary/aromatic N) is 1. The zero-order valence-corrected chi connectivity index (χ0v) is 18.2. The number of carbonyl (C=O) groups excluding carboxylic acids is 2. The van der Waals surface area contributed by atoms with Crippen LogP contribution in [0.1, 0.15) is 41.2 Å². The van der Waals surface area contributed by atoms with Crippen LogP contribution in [0.5, 0.6) is 0 Å². The number of piperidine rings is 1. The lowest BCUT2D eigenvalue weighted by molar-refractivity contribution is -0.127. The minimum absolute atomic E-state index is 0.0152. The SMILES string of the molecule is O=C(NC1CCSc2ccc(Cl)cc21)C1CCCN(C(=O)c2ccc(Cl)cc2)C1. The zero-order chi connectivity index (χ0) is 20.4. The highest BCUT2D eigenvalue weighted by molar-refractivity contribution is 7.99. The van der Waals surface area contributed by atoms with Gasteiger partial charge < -0.3 is 10.2 Å². The summed E-state index contributed by atoms with van der Waals surface area (Å²) in [4.78, 5) is 28.8. The summed E-state index contributed by atoms with van der Waals surface area (Å²) < 4.78 is 0. The van der Waals surface area contributed by atoms with Gasteiger partial charge in [-0.25, -0.2) is 0 Å². The van der Waals surface area contributed by atoms with Crippen LogP contribution in [0.3, 0.4) is 0 Å². The third-order valence-corrected chi connectivity index (χ3v) is 7.11. The first-order chi connectivity index (χ1) is 14.0. The molecule has 7 heteroatoms. The molecule has 29 heavy (non-hydrogen) atoms. The lowest BCUT2D eigenvalue weighted by Crippen LogP contribution is -2.46. The summed E-state index contributed by atoms with van der Waals surface area (Å²) in [6.45, 7) is 1.11. The van der Waals surface area contributed by atoms with Crippen molar-refractivity contribution >= 4 is 46.8 Å². The summed E-state index contributed by atoms with van der Waals surface area (Å²) in [6, 6.07) is 12.7. The molecule has 0 spiro atoms. The third kappa shape index (κ3) is 4.73. The summed E-state index contributed by atoms with van der Waals surface area (Å²) in [5.74, 6) is 0.731. The molecule has 152 valence electrons. The fraction of sp³-hybridized carbons (Fsp3) is 0.364. The van der Waals surface area contributed by atoms with E-state index in [1.54, 1.807) is 40.9 Å². The number of halogens is 2. The van der Waals surface area contributed by atoms with Gasteiger partial charge in [-0.3, -0.25) is 9.59 Å². The quantitative estimate of drug-likeness (QED) is 0.701. The summed E-state index contributed by atoms with van der Waals surface area (Å²) in [5.41, 5.74) is 1.69. The van der Waals surface area contributed by atoms with Crippen molar-refractivity contribution in [3.05, 3.63) is 63.6 Å². The topological polar surface area (TPSA) is 49.4 Å². The molecular weight excluding hydrogens is 427 g/mol. The number of rotatable bonds is 3. The lowest BCUT2D eigenvalue weighted by atomic mass is 9.95. The van der Waals surface area contributed by atoms with E-state index in [2.05, 4.69) is 5.32 Å². The second-order valence-corrected chi connectivity index (χ2v) is 9.49. The van der Waals surface area contributed by atoms with Gasteiger partial charge in [0.2, 0.25) is 5.91 Å². The lowest BCUT2D eigenvalue weighted by Gasteiger charge is -2.34. The molecule has 0 aromatic heterocycles. The van der Waals surface area contributed by atoms with Crippen molar-refractivity contribution in [2.45, 2.75) is 30.2 Å². The number of amides is 2. The first-order valence-corrected chi connectivity index (χ1v) is 11.5. The number of benzene rings is 2. The molecule has 2 heterocycles. The Morgan fingerprint density at radius 2 is 1.79 bits per heavy atom. The van der Waals surface area contributed by atoms with E-state index in [9.17, 15) is 9.59 Å². The molecule has 0 radical (unpaired) electrons. The Hall–Kier alpha value is -1.69. The van der Waals surface area contributed by atoms with Crippen molar-refractivity contribution in [3.8, 4) is 0 Å². The van der Waals surface area contributed by atoms with Crippen molar-refractivity contribution in [2.24, 2.45) is 5.92 Å². The highest BCUT2D eigenvalue weighted by atomic mass is 35.5. The van der Waals surface area contributed by atoms with Gasteiger partial charge in [-0.2, -0.15) is 0 Å². The second kappa shape index (κ2) is 8.99. The van der Waals surface area contributed by atoms with Crippen molar-refractivity contribution in [1.29, 1.82) is 0 Å². The second-order valence-electron chi connectivity index (χ2n) is 7.48. The Labute approximate surface area is 184 Å². The van der Waals surface area contributed by atoms with Gasteiger partial charge in [-0.1, -0.05) is 23.2 Å². The molecule has 2 aromatic rings. The predicted molar refractivity (Wildman–Crippen MR) is 118 cm³/mol. The third-order valence-electron chi connectivity index (χ3n) is 5.50. The molecule has 1 fully saturated rings. The molecule has 2 amide bonds. The average Bonchev–Trinajstić information content (AvgIpc) is 2.74. The molecule has 2 aliphatic rings. The number of nitrogens with one attached hydrogen (secondary N) is 1. The van der Waals surface area contributed by atoms with Crippen LogP contribution < -0.4 is 5.32 Å². The zero-order valence-electron chi connectivity index (χ0n) is 15.9. The van der Waals surface area contributed by atoms with E-state index in [1.165, 1.54) is 4.90 Å². The number of hydrogen-bond acceptors (Lipinski definition) is 3. The van der Waals surface area contributed by atoms with Gasteiger partial charge in [-0.15, -0.1) is 11.8 Å². The van der Waals surface area contributed by atoms with Gasteiger partial charge in [0.1, 0.15) is 0 Å². The molecule has 4 rings (SSSR count). The number of thioether (sulfide) groups is 1. The van der Waals surface area contributed by atoms with Crippen LogP contribution in [0, 0.1) is 5.92 Å². The minimum atomic E-state index is -0.197. The van der Waals surface area contributed by atoms with Crippen molar-refractivity contribution in [2.75, 3.05) is 18.8 Å². The molecule has 4 nitrogen and oxygen atoms in total. The van der Waals surface area contributed by atoms with E-state index in [0.29, 0.717) is 28.7 Å². The predicted octanol–water partition coefficient (Wildman–Crippen LogP) is 5.20. The summed E-state index contributed by atoms with van der Waals surface area (Å²) >= 11 is 13.9. The number of carbonyl (C=O) groups is 2. The monoisotopic (exact) mass is 448 g/mol. The maximum Gasteiger partial charge on any atom is 0.253 e. The van der Waals surface area contributed by atoms with Crippen LogP contribution in [0.2, 0.25) is 10.0 Å². The van der Waals surface area contributed by atoms with Crippen LogP contribution in [-0.2, 0) is 4.79 Å². The van der Waals surface area contributed by atoms with Gasteiger partial charge in [0.25, 0.3) is 5.91 Å². The Morgan fingerprint density at radius 1 is 1.03 bits per heavy atom. The Morgan fingerprint density at radius 3 is 2.59 bits per heavy atom. The number of fused-ring (bicyclic) bond motifs is 1. The van der Waals surface area contributed by atoms with Crippen LogP contribution in [0.4, 0.5) is 0 Å². The molecule has 0 aliphatic carbocycles. The highest BCUT2D eigenvalue weighted by Crippen LogP contribution is 2.37. The normalized spacial score (nSPS) is 21.4. The number of likely N-dealkylation sites (tertiary alicyclic amines) is 1. The van der Waals surface area contributed by atoms with E-state index < -0.39 is 0 Å². The average molecular weight is 449 g/mol. The highest BCUT2D eigenvalue weighted by Gasteiger charge is 2.31. The van der Waals surface area contributed by atoms with E-state index in [4.69, 9.17) is 23.2 Å². The van der Waals surface area contributed by atoms with Crippen LogP contribution in [-0.4, -0.2) is 35.6 Å². The van der Waals surface area contributed by atoms with E-state index >= 15 is 0 Å². The molecule has 2 unspecified atom stereocenters. The maximum atomic E-state index is 13.0. The van der Waals surface area contributed by atoms with Crippen molar-refractivity contribution in [1.82, 2.24) is 10.2 Å². The molecule has 2 aliphatic heterocycles. The molecular formula is C22H22Cl2N2O2S. The van der Waals surface area contributed by atoms with E-state index in [0.717, 1.165) is 30.6 Å². The van der Waals surface area contributed by atoms with Gasteiger partial charge in [0.05, 0.1) is 12.0 Å². The van der Waals surface area contributed by atoms with E-state index in [1.807, 2.05) is 18.2 Å². The summed E-state index contributed by atoms with van der Waals surface area (Å²) in [6.07, 6.45) is 2.49. The fourth-order valence-corrected chi connectivity index (χ4v) is 5.37. The first kappa shape index (κ1) is 20.6. The Balaban J connectivity index is 1.43. The van der Waals surface area contributed by atoms with Crippen LogP contribution in [0.15, 0.2) is 47.4 Å². The number of hydrogen-bond donors (Lipinski definition) is 1. The molecule has 2 aromatic carbocycles. The molecule has 1 N–H and O–H groups in total. The van der Waals surface area contributed by atoms with Gasteiger partial charge in [0.15, 0.2) is 0 Å². The van der Waals surface area contributed by atoms with Crippen LogP contribution in [0.25, 0.3) is 0 Å². The smallest absolute Gasteiger partial charge is 0.253 e. The molecule has 1 saturated heterocycles. The Bertz CT molecular complexity index is 920. The fourth-order valence-electron chi connectivity index (χ4n) is 3.96.